The summed E-state index contributed by atoms with van der Waals surface area (Å²) in [6.07, 6.45) is 5.32. The lowest BCUT2D eigenvalue weighted by molar-refractivity contribution is 0.0998. The number of carbonyl (C=O) groups is 1. The molecule has 0 saturated carbocycles. The molecule has 0 bridgehead atoms. The number of hydrogen-bond acceptors (Lipinski definition) is 5. The molecular weight excluding hydrogens is 330 g/mol. The van der Waals surface area contributed by atoms with Gasteiger partial charge in [0.05, 0.1) is 29.3 Å². The molecule has 0 radical (unpaired) electrons. The quantitative estimate of drug-likeness (QED) is 0.712. The zero-order chi connectivity index (χ0) is 18.3. The minimum absolute atomic E-state index is 0.394. The van der Waals surface area contributed by atoms with Gasteiger partial charge in [-0.05, 0) is 38.7 Å². The Morgan fingerprint density at radius 1 is 1.38 bits per heavy atom. The van der Waals surface area contributed by atoms with Crippen LogP contribution in [0.3, 0.4) is 0 Å². The molecular formula is C18H23N7O. The molecule has 8 heteroatoms. The highest BCUT2D eigenvalue weighted by atomic mass is 16.1. The lowest BCUT2D eigenvalue weighted by atomic mass is 9.96. The van der Waals surface area contributed by atoms with Gasteiger partial charge in [-0.25, -0.2) is 9.97 Å². The Hall–Kier alpha value is -2.74. The Morgan fingerprint density at radius 3 is 3.04 bits per heavy atom. The lowest BCUT2D eigenvalue weighted by Gasteiger charge is -2.24. The molecule has 4 rings (SSSR count). The number of nitrogens with zero attached hydrogens (tertiary/aromatic N) is 5. The summed E-state index contributed by atoms with van der Waals surface area (Å²) in [5.74, 6) is 0.829. The van der Waals surface area contributed by atoms with Crippen LogP contribution in [-0.4, -0.2) is 36.6 Å². The number of primary amides is 1. The molecule has 0 aliphatic carbocycles. The number of amides is 1. The van der Waals surface area contributed by atoms with Crippen molar-refractivity contribution in [3.63, 3.8) is 0 Å². The van der Waals surface area contributed by atoms with Gasteiger partial charge < -0.3 is 11.1 Å². The molecule has 1 aliphatic heterocycles. The van der Waals surface area contributed by atoms with Gasteiger partial charge in [0.2, 0.25) is 5.78 Å². The summed E-state index contributed by atoms with van der Waals surface area (Å²) in [6, 6.07) is 2.06. The molecule has 1 unspecified atom stereocenters. The van der Waals surface area contributed by atoms with Gasteiger partial charge in [-0.2, -0.15) is 5.10 Å². The molecule has 26 heavy (non-hydrogen) atoms. The molecule has 1 atom stereocenters. The van der Waals surface area contributed by atoms with Crippen LogP contribution in [-0.2, 0) is 19.5 Å². The first-order valence-electron chi connectivity index (χ1n) is 8.88. The van der Waals surface area contributed by atoms with Gasteiger partial charge in [-0.15, -0.1) is 0 Å². The largest absolute Gasteiger partial charge is 0.365 e. The van der Waals surface area contributed by atoms with Crippen molar-refractivity contribution >= 4 is 11.7 Å². The van der Waals surface area contributed by atoms with Gasteiger partial charge in [0.1, 0.15) is 0 Å². The summed E-state index contributed by atoms with van der Waals surface area (Å²) < 4.78 is 4.01. The predicted octanol–water partition coefficient (Wildman–Crippen LogP) is 0.994. The SMILES string of the molecule is Cc1cc(C)n2c(CNCC3CCc4c(C(N)=O)cnn4C3)cnc2n1. The average Bonchev–Trinajstić information content (AvgIpc) is 3.18. The fourth-order valence-corrected chi connectivity index (χ4v) is 3.81. The number of nitrogens with one attached hydrogen (secondary N) is 1. The summed E-state index contributed by atoms with van der Waals surface area (Å²) >= 11 is 0. The molecule has 0 fully saturated rings. The van der Waals surface area contributed by atoms with Gasteiger partial charge >= 0.3 is 0 Å². The van der Waals surface area contributed by atoms with E-state index in [1.54, 1.807) is 6.20 Å². The second kappa shape index (κ2) is 6.53. The summed E-state index contributed by atoms with van der Waals surface area (Å²) in [6.45, 7) is 6.49. The topological polar surface area (TPSA) is 103 Å². The molecule has 3 aromatic rings. The van der Waals surface area contributed by atoms with Crippen LogP contribution in [0.4, 0.5) is 0 Å². The standard InChI is InChI=1S/C18H23N7O/c1-11-5-12(2)25-14(8-21-18(25)23-11)7-20-6-13-3-4-16-15(17(19)26)9-22-24(16)10-13/h5,8-9,13,20H,3-4,6-7,10H2,1-2H3,(H2,19,26). The number of nitrogens with two attached hydrogens (primary N) is 1. The molecule has 8 nitrogen and oxygen atoms in total. The maximum Gasteiger partial charge on any atom is 0.252 e. The number of hydrogen-bond donors (Lipinski definition) is 2. The predicted molar refractivity (Wildman–Crippen MR) is 96.7 cm³/mol. The molecule has 3 aromatic heterocycles. The van der Waals surface area contributed by atoms with Gasteiger partial charge in [0, 0.05) is 31.0 Å². The van der Waals surface area contributed by atoms with Crippen molar-refractivity contribution in [3.05, 3.63) is 46.8 Å². The monoisotopic (exact) mass is 353 g/mol. The van der Waals surface area contributed by atoms with E-state index in [9.17, 15) is 4.79 Å². The fourth-order valence-electron chi connectivity index (χ4n) is 3.81. The molecule has 0 aromatic carbocycles. The molecule has 1 aliphatic rings. The number of carbonyl (C=O) groups excluding carboxylic acids is 1. The van der Waals surface area contributed by atoms with Crippen LogP contribution in [0.1, 0.15) is 39.6 Å². The van der Waals surface area contributed by atoms with E-state index in [-0.39, 0.29) is 0 Å². The van der Waals surface area contributed by atoms with Crippen LogP contribution in [0.5, 0.6) is 0 Å². The highest BCUT2D eigenvalue weighted by molar-refractivity contribution is 5.93. The molecule has 0 spiro atoms. The fraction of sp³-hybridized carbons (Fsp3) is 0.444. The molecule has 1 amide bonds. The van der Waals surface area contributed by atoms with Crippen molar-refractivity contribution in [2.75, 3.05) is 6.54 Å². The van der Waals surface area contributed by atoms with E-state index >= 15 is 0 Å². The first-order chi connectivity index (χ1) is 12.5. The highest BCUT2D eigenvalue weighted by Crippen LogP contribution is 2.22. The zero-order valence-corrected chi connectivity index (χ0v) is 15.1. The first kappa shape index (κ1) is 16.7. The van der Waals surface area contributed by atoms with E-state index in [0.29, 0.717) is 11.5 Å². The Balaban J connectivity index is 1.39. The van der Waals surface area contributed by atoms with E-state index in [0.717, 1.165) is 61.0 Å². The van der Waals surface area contributed by atoms with Crippen molar-refractivity contribution in [3.8, 4) is 0 Å². The van der Waals surface area contributed by atoms with Crippen molar-refractivity contribution in [1.29, 1.82) is 0 Å². The van der Waals surface area contributed by atoms with E-state index < -0.39 is 5.91 Å². The number of imidazole rings is 1. The number of rotatable bonds is 5. The Labute approximate surface area is 151 Å². The molecule has 136 valence electrons. The third kappa shape index (κ3) is 2.96. The average molecular weight is 353 g/mol. The molecule has 4 heterocycles. The van der Waals surface area contributed by atoms with Crippen LogP contribution in [0.2, 0.25) is 0 Å². The second-order valence-electron chi connectivity index (χ2n) is 7.01. The number of fused-ring (bicyclic) bond motifs is 2. The van der Waals surface area contributed by atoms with E-state index in [1.807, 2.05) is 17.8 Å². The van der Waals surface area contributed by atoms with E-state index in [2.05, 4.69) is 37.8 Å². The van der Waals surface area contributed by atoms with Crippen LogP contribution >= 0.6 is 0 Å². The van der Waals surface area contributed by atoms with Crippen molar-refractivity contribution < 1.29 is 4.79 Å². The number of aryl methyl sites for hydroxylation is 2. The second-order valence-corrected chi connectivity index (χ2v) is 7.01. The summed E-state index contributed by atoms with van der Waals surface area (Å²) in [4.78, 5) is 20.3. The van der Waals surface area contributed by atoms with E-state index in [1.165, 1.54) is 0 Å². The smallest absolute Gasteiger partial charge is 0.252 e. The minimum atomic E-state index is -0.394. The van der Waals surface area contributed by atoms with Gasteiger partial charge in [-0.1, -0.05) is 0 Å². The van der Waals surface area contributed by atoms with Crippen molar-refractivity contribution in [2.45, 2.75) is 39.8 Å². The maximum atomic E-state index is 11.4. The van der Waals surface area contributed by atoms with Crippen LogP contribution in [0.15, 0.2) is 18.5 Å². The van der Waals surface area contributed by atoms with Crippen molar-refractivity contribution in [2.24, 2.45) is 11.7 Å². The lowest BCUT2D eigenvalue weighted by Crippen LogP contribution is -2.31. The van der Waals surface area contributed by atoms with Crippen molar-refractivity contribution in [1.82, 2.24) is 29.5 Å². The van der Waals surface area contributed by atoms with E-state index in [4.69, 9.17) is 5.73 Å². The first-order valence-corrected chi connectivity index (χ1v) is 8.88. The third-order valence-corrected chi connectivity index (χ3v) is 5.04. The van der Waals surface area contributed by atoms with Gasteiger partial charge in [0.25, 0.3) is 5.91 Å². The number of aromatic nitrogens is 5. The maximum absolute atomic E-state index is 11.4. The summed E-state index contributed by atoms with van der Waals surface area (Å²) in [5.41, 5.74) is 10.1. The summed E-state index contributed by atoms with van der Waals surface area (Å²) in [7, 11) is 0. The van der Waals surface area contributed by atoms with Gasteiger partial charge in [0.15, 0.2) is 0 Å². The Kier molecular flexibility index (Phi) is 4.20. The van der Waals surface area contributed by atoms with Crippen LogP contribution in [0, 0.1) is 19.8 Å². The molecule has 0 saturated heterocycles. The zero-order valence-electron chi connectivity index (χ0n) is 15.1. The summed E-state index contributed by atoms with van der Waals surface area (Å²) in [5, 5.41) is 7.84. The molecule has 3 N–H and O–H groups in total. The van der Waals surface area contributed by atoms with Crippen LogP contribution < -0.4 is 11.1 Å². The highest BCUT2D eigenvalue weighted by Gasteiger charge is 2.23. The Morgan fingerprint density at radius 2 is 2.23 bits per heavy atom. The minimum Gasteiger partial charge on any atom is -0.365 e. The van der Waals surface area contributed by atoms with Crippen LogP contribution in [0.25, 0.3) is 5.78 Å². The van der Waals surface area contributed by atoms with Gasteiger partial charge in [-0.3, -0.25) is 13.9 Å². The third-order valence-electron chi connectivity index (χ3n) is 5.04. The normalized spacial score (nSPS) is 16.8. The Bertz CT molecular complexity index is 971.